The molecule has 0 atom stereocenters. The van der Waals surface area contributed by atoms with E-state index >= 15 is 0 Å². The Balaban J connectivity index is 4.89. The number of rotatable bonds is 5. The standard InChI is InChI=1S/C7H10O5/c1-2-3-7(4-8,5(9)10)6(11)12/h4H,2-3H2,1H3,(H,9,10)(H,11,12). The average molecular weight is 174 g/mol. The van der Waals surface area contributed by atoms with E-state index in [1.165, 1.54) is 0 Å². The van der Waals surface area contributed by atoms with Crippen LogP contribution in [0.15, 0.2) is 0 Å². The van der Waals surface area contributed by atoms with Crippen LogP contribution in [0.4, 0.5) is 0 Å². The summed E-state index contributed by atoms with van der Waals surface area (Å²) in [6.45, 7) is 1.62. The van der Waals surface area contributed by atoms with Crippen LogP contribution in [0, 0.1) is 5.41 Å². The first kappa shape index (κ1) is 10.6. The van der Waals surface area contributed by atoms with Gasteiger partial charge in [-0.2, -0.15) is 0 Å². The lowest BCUT2D eigenvalue weighted by atomic mass is 9.85. The van der Waals surface area contributed by atoms with Gasteiger partial charge < -0.3 is 15.0 Å². The molecule has 0 heterocycles. The third-order valence-corrected chi connectivity index (χ3v) is 1.61. The number of aldehydes is 1. The highest BCUT2D eigenvalue weighted by Crippen LogP contribution is 2.21. The molecule has 0 aromatic rings. The van der Waals surface area contributed by atoms with Gasteiger partial charge in [0.25, 0.3) is 0 Å². The fraction of sp³-hybridized carbons (Fsp3) is 0.571. The fourth-order valence-electron chi connectivity index (χ4n) is 0.859. The van der Waals surface area contributed by atoms with E-state index in [1.54, 1.807) is 6.92 Å². The van der Waals surface area contributed by atoms with Crippen molar-refractivity contribution < 1.29 is 24.6 Å². The van der Waals surface area contributed by atoms with Gasteiger partial charge in [-0.1, -0.05) is 13.3 Å². The van der Waals surface area contributed by atoms with E-state index < -0.39 is 17.4 Å². The molecule has 0 aromatic carbocycles. The van der Waals surface area contributed by atoms with E-state index in [-0.39, 0.29) is 12.7 Å². The Morgan fingerprint density at radius 3 is 1.83 bits per heavy atom. The largest absolute Gasteiger partial charge is 0.480 e. The molecule has 0 aromatic heterocycles. The zero-order valence-corrected chi connectivity index (χ0v) is 6.61. The summed E-state index contributed by atoms with van der Waals surface area (Å²) in [5, 5.41) is 17.0. The molecule has 0 saturated carbocycles. The van der Waals surface area contributed by atoms with Crippen molar-refractivity contribution in [3.05, 3.63) is 0 Å². The normalized spacial score (nSPS) is 10.8. The van der Waals surface area contributed by atoms with Crippen molar-refractivity contribution in [3.63, 3.8) is 0 Å². The predicted octanol–water partition coefficient (Wildman–Crippen LogP) is 0.141. The molecule has 5 heteroatoms. The molecule has 0 fully saturated rings. The van der Waals surface area contributed by atoms with Gasteiger partial charge in [0, 0.05) is 0 Å². The first-order valence-electron chi connectivity index (χ1n) is 3.44. The lowest BCUT2D eigenvalue weighted by Gasteiger charge is -2.16. The van der Waals surface area contributed by atoms with Gasteiger partial charge in [-0.25, -0.2) is 0 Å². The summed E-state index contributed by atoms with van der Waals surface area (Å²) in [6.07, 6.45) is 0.125. The maximum absolute atomic E-state index is 10.5. The molecule has 12 heavy (non-hydrogen) atoms. The predicted molar refractivity (Wildman–Crippen MR) is 38.7 cm³/mol. The SMILES string of the molecule is CCCC(C=O)(C(=O)O)C(=O)O. The summed E-state index contributed by atoms with van der Waals surface area (Å²) in [4.78, 5) is 31.3. The van der Waals surface area contributed by atoms with Gasteiger partial charge in [-0.3, -0.25) is 9.59 Å². The van der Waals surface area contributed by atoms with E-state index in [0.717, 1.165) is 0 Å². The quantitative estimate of drug-likeness (QED) is 0.457. The number of carboxylic acid groups (broad SMARTS) is 2. The molecule has 0 aliphatic rings. The summed E-state index contributed by atoms with van der Waals surface area (Å²) in [5.74, 6) is -3.21. The Morgan fingerprint density at radius 1 is 1.33 bits per heavy atom. The van der Waals surface area contributed by atoms with Gasteiger partial charge in [0.15, 0.2) is 0 Å². The number of carbonyl (C=O) groups excluding carboxylic acids is 1. The highest BCUT2D eigenvalue weighted by atomic mass is 16.4. The van der Waals surface area contributed by atoms with Gasteiger partial charge in [0.05, 0.1) is 0 Å². The van der Waals surface area contributed by atoms with Crippen LogP contribution in [-0.2, 0) is 14.4 Å². The monoisotopic (exact) mass is 174 g/mol. The molecule has 5 nitrogen and oxygen atoms in total. The van der Waals surface area contributed by atoms with Crippen LogP contribution in [0.1, 0.15) is 19.8 Å². The van der Waals surface area contributed by atoms with Crippen molar-refractivity contribution in [2.24, 2.45) is 5.41 Å². The van der Waals surface area contributed by atoms with Crippen molar-refractivity contribution in [2.45, 2.75) is 19.8 Å². The van der Waals surface area contributed by atoms with Crippen LogP contribution < -0.4 is 0 Å². The van der Waals surface area contributed by atoms with E-state index in [2.05, 4.69) is 0 Å². The average Bonchev–Trinajstić information content (AvgIpc) is 1.98. The summed E-state index contributed by atoms with van der Waals surface area (Å²) in [7, 11) is 0. The molecule has 0 spiro atoms. The van der Waals surface area contributed by atoms with Crippen molar-refractivity contribution in [1.29, 1.82) is 0 Å². The molecule has 0 aliphatic carbocycles. The number of hydrogen-bond acceptors (Lipinski definition) is 3. The topological polar surface area (TPSA) is 91.7 Å². The van der Waals surface area contributed by atoms with Crippen LogP contribution in [0.2, 0.25) is 0 Å². The Labute approximate surface area is 69.0 Å². The molecule has 0 rings (SSSR count). The molecule has 0 saturated heterocycles. The molecule has 2 N–H and O–H groups in total. The Bertz CT molecular complexity index is 194. The molecule has 0 bridgehead atoms. The summed E-state index contributed by atoms with van der Waals surface area (Å²) < 4.78 is 0. The van der Waals surface area contributed by atoms with Gasteiger partial charge in [-0.15, -0.1) is 0 Å². The maximum Gasteiger partial charge on any atom is 0.328 e. The zero-order valence-electron chi connectivity index (χ0n) is 6.61. The van der Waals surface area contributed by atoms with Crippen molar-refractivity contribution in [3.8, 4) is 0 Å². The molecule has 0 aliphatic heterocycles. The third kappa shape index (κ3) is 1.61. The first-order valence-corrected chi connectivity index (χ1v) is 3.44. The third-order valence-electron chi connectivity index (χ3n) is 1.61. The zero-order chi connectivity index (χ0) is 9.78. The van der Waals surface area contributed by atoms with Crippen molar-refractivity contribution in [2.75, 3.05) is 0 Å². The highest BCUT2D eigenvalue weighted by Gasteiger charge is 2.45. The minimum Gasteiger partial charge on any atom is -0.480 e. The summed E-state index contributed by atoms with van der Waals surface area (Å²) in [6, 6.07) is 0. The second-order valence-corrected chi connectivity index (χ2v) is 2.45. The van der Waals surface area contributed by atoms with E-state index in [9.17, 15) is 14.4 Å². The molecule has 0 amide bonds. The van der Waals surface area contributed by atoms with Gasteiger partial charge >= 0.3 is 11.9 Å². The Kier molecular flexibility index (Phi) is 3.40. The molecule has 68 valence electrons. The number of carbonyl (C=O) groups is 3. The number of aliphatic carboxylic acids is 2. The van der Waals surface area contributed by atoms with Gasteiger partial charge in [0.2, 0.25) is 5.41 Å². The number of hydrogen-bond donors (Lipinski definition) is 2. The Hall–Kier alpha value is -1.39. The van der Waals surface area contributed by atoms with Gasteiger partial charge in [-0.05, 0) is 6.42 Å². The second-order valence-electron chi connectivity index (χ2n) is 2.45. The summed E-state index contributed by atoms with van der Waals surface area (Å²) in [5.41, 5.74) is -2.26. The van der Waals surface area contributed by atoms with Crippen molar-refractivity contribution in [1.82, 2.24) is 0 Å². The smallest absolute Gasteiger partial charge is 0.328 e. The Morgan fingerprint density at radius 2 is 1.75 bits per heavy atom. The molecule has 0 radical (unpaired) electrons. The van der Waals surface area contributed by atoms with Crippen LogP contribution in [0.25, 0.3) is 0 Å². The van der Waals surface area contributed by atoms with Crippen LogP contribution in [0.5, 0.6) is 0 Å². The molecular weight excluding hydrogens is 164 g/mol. The molecule has 0 unspecified atom stereocenters. The molecular formula is C7H10O5. The highest BCUT2D eigenvalue weighted by molar-refractivity contribution is 6.12. The first-order chi connectivity index (χ1) is 5.51. The van der Waals surface area contributed by atoms with E-state index in [0.29, 0.717) is 6.42 Å². The van der Waals surface area contributed by atoms with E-state index in [4.69, 9.17) is 10.2 Å². The minimum absolute atomic E-state index is 0.0266. The van der Waals surface area contributed by atoms with Crippen LogP contribution in [0.3, 0.4) is 0 Å². The number of carboxylic acids is 2. The van der Waals surface area contributed by atoms with E-state index in [1.807, 2.05) is 0 Å². The van der Waals surface area contributed by atoms with Crippen molar-refractivity contribution >= 4 is 18.2 Å². The second kappa shape index (κ2) is 3.85. The van der Waals surface area contributed by atoms with Gasteiger partial charge in [0.1, 0.15) is 6.29 Å². The maximum atomic E-state index is 10.5. The summed E-state index contributed by atoms with van der Waals surface area (Å²) >= 11 is 0. The van der Waals surface area contributed by atoms with Crippen LogP contribution in [-0.4, -0.2) is 28.4 Å². The minimum atomic E-state index is -2.26. The lowest BCUT2D eigenvalue weighted by molar-refractivity contribution is -0.165. The fourth-order valence-corrected chi connectivity index (χ4v) is 0.859. The lowest BCUT2D eigenvalue weighted by Crippen LogP contribution is -2.40. The van der Waals surface area contributed by atoms with Crippen LogP contribution >= 0.6 is 0 Å².